The van der Waals surface area contributed by atoms with Crippen molar-refractivity contribution < 1.29 is 13.6 Å². The summed E-state index contributed by atoms with van der Waals surface area (Å²) >= 11 is 0. The molecule has 0 bridgehead atoms. The van der Waals surface area contributed by atoms with Gasteiger partial charge in [-0.05, 0) is 36.8 Å². The highest BCUT2D eigenvalue weighted by Crippen LogP contribution is 2.18. The summed E-state index contributed by atoms with van der Waals surface area (Å²) in [5.41, 5.74) is 1.55. The van der Waals surface area contributed by atoms with E-state index in [1.54, 1.807) is 34.9 Å². The van der Waals surface area contributed by atoms with E-state index in [1.807, 2.05) is 6.92 Å². The zero-order chi connectivity index (χ0) is 14.1. The number of fused-ring (bicyclic) bond motifs is 1. The van der Waals surface area contributed by atoms with Gasteiger partial charge in [-0.3, -0.25) is 9.36 Å². The van der Waals surface area contributed by atoms with Crippen LogP contribution in [0.15, 0.2) is 50.2 Å². The first-order valence-corrected chi connectivity index (χ1v) is 6.42. The fourth-order valence-electron chi connectivity index (χ4n) is 2.19. The largest absolute Gasteiger partial charge is 0.461 e. The van der Waals surface area contributed by atoms with Crippen LogP contribution in [0.25, 0.3) is 11.1 Å². The minimum absolute atomic E-state index is 0.234. The lowest BCUT2D eigenvalue weighted by Gasteiger charge is -2.00. The number of benzene rings is 1. The summed E-state index contributed by atoms with van der Waals surface area (Å²) in [5, 5.41) is 0. The number of oxazole rings is 1. The molecular weight excluding hydrogens is 258 g/mol. The normalized spacial score (nSPS) is 11.1. The molecule has 0 atom stereocenters. The lowest BCUT2D eigenvalue weighted by molar-refractivity contribution is 0.101. The van der Waals surface area contributed by atoms with E-state index in [4.69, 9.17) is 8.83 Å². The van der Waals surface area contributed by atoms with E-state index in [1.165, 1.54) is 6.26 Å². The molecule has 0 aliphatic rings. The van der Waals surface area contributed by atoms with E-state index >= 15 is 0 Å². The molecule has 3 rings (SSSR count). The van der Waals surface area contributed by atoms with E-state index in [0.29, 0.717) is 23.2 Å². The van der Waals surface area contributed by atoms with Gasteiger partial charge in [0.15, 0.2) is 11.3 Å². The zero-order valence-corrected chi connectivity index (χ0v) is 11.0. The van der Waals surface area contributed by atoms with Crippen LogP contribution >= 0.6 is 0 Å². The average Bonchev–Trinajstić information content (AvgIpc) is 3.07. The second-order valence-electron chi connectivity index (χ2n) is 4.51. The number of aromatic nitrogens is 1. The van der Waals surface area contributed by atoms with Gasteiger partial charge in [-0.2, -0.15) is 0 Å². The van der Waals surface area contributed by atoms with Crippen molar-refractivity contribution in [3.63, 3.8) is 0 Å². The summed E-state index contributed by atoms with van der Waals surface area (Å²) in [7, 11) is 0. The number of aryl methyl sites for hydroxylation is 1. The second-order valence-corrected chi connectivity index (χ2v) is 4.51. The minimum Gasteiger partial charge on any atom is -0.461 e. The quantitative estimate of drug-likeness (QED) is 0.684. The minimum atomic E-state index is -0.399. The standard InChI is InChI=1S/C15H13NO4/c1-2-7-16-11-6-5-10(9-13(11)20-15(16)18)14(17)12-4-3-8-19-12/h3-6,8-9H,2,7H2,1H3. The summed E-state index contributed by atoms with van der Waals surface area (Å²) in [5.74, 6) is -0.369. The highest BCUT2D eigenvalue weighted by Gasteiger charge is 2.15. The number of furan rings is 1. The summed E-state index contributed by atoms with van der Waals surface area (Å²) in [6.45, 7) is 2.58. The first-order chi connectivity index (χ1) is 9.70. The van der Waals surface area contributed by atoms with Crippen LogP contribution in [0.5, 0.6) is 0 Å². The maximum absolute atomic E-state index is 12.1. The Hall–Kier alpha value is -2.56. The molecular formula is C15H13NO4. The van der Waals surface area contributed by atoms with Crippen LogP contribution < -0.4 is 5.76 Å². The topological polar surface area (TPSA) is 65.3 Å². The summed E-state index contributed by atoms with van der Waals surface area (Å²) in [6, 6.07) is 8.24. The highest BCUT2D eigenvalue weighted by molar-refractivity contribution is 6.08. The molecule has 0 aliphatic carbocycles. The molecule has 0 fully saturated rings. The molecule has 0 radical (unpaired) electrons. The Labute approximate surface area is 114 Å². The maximum atomic E-state index is 12.1. The third-order valence-corrected chi connectivity index (χ3v) is 3.12. The predicted molar refractivity (Wildman–Crippen MR) is 72.9 cm³/mol. The highest BCUT2D eigenvalue weighted by atomic mass is 16.4. The van der Waals surface area contributed by atoms with Gasteiger partial charge in [0, 0.05) is 12.1 Å². The number of ketones is 1. The van der Waals surface area contributed by atoms with Crippen LogP contribution in [-0.4, -0.2) is 10.4 Å². The zero-order valence-electron chi connectivity index (χ0n) is 11.0. The van der Waals surface area contributed by atoms with Crippen molar-refractivity contribution in [2.75, 3.05) is 0 Å². The van der Waals surface area contributed by atoms with Gasteiger partial charge in [-0.25, -0.2) is 4.79 Å². The molecule has 2 aromatic heterocycles. The van der Waals surface area contributed by atoms with Gasteiger partial charge in [0.05, 0.1) is 11.8 Å². The van der Waals surface area contributed by atoms with E-state index in [9.17, 15) is 9.59 Å². The second kappa shape index (κ2) is 4.85. The molecule has 0 saturated carbocycles. The van der Waals surface area contributed by atoms with Crippen molar-refractivity contribution in [2.24, 2.45) is 0 Å². The summed E-state index contributed by atoms with van der Waals surface area (Å²) in [6.07, 6.45) is 2.28. The number of rotatable bonds is 4. The van der Waals surface area contributed by atoms with Gasteiger partial charge in [0.1, 0.15) is 0 Å². The van der Waals surface area contributed by atoms with Crippen LogP contribution in [0.3, 0.4) is 0 Å². The Bertz CT molecular complexity index is 808. The fraction of sp³-hybridized carbons (Fsp3) is 0.200. The number of carbonyl (C=O) groups is 1. The third-order valence-electron chi connectivity index (χ3n) is 3.12. The first-order valence-electron chi connectivity index (χ1n) is 6.42. The van der Waals surface area contributed by atoms with Crippen LogP contribution in [0, 0.1) is 0 Å². The summed E-state index contributed by atoms with van der Waals surface area (Å²) in [4.78, 5) is 23.9. The van der Waals surface area contributed by atoms with Gasteiger partial charge in [-0.15, -0.1) is 0 Å². The monoisotopic (exact) mass is 271 g/mol. The van der Waals surface area contributed by atoms with Gasteiger partial charge in [-0.1, -0.05) is 6.92 Å². The molecule has 0 aliphatic heterocycles. The Balaban J connectivity index is 2.08. The lowest BCUT2D eigenvalue weighted by Crippen LogP contribution is -2.13. The molecule has 5 nitrogen and oxygen atoms in total. The van der Waals surface area contributed by atoms with Crippen LogP contribution in [0.2, 0.25) is 0 Å². The average molecular weight is 271 g/mol. The van der Waals surface area contributed by atoms with Crippen LogP contribution in [0.1, 0.15) is 29.5 Å². The summed E-state index contributed by atoms with van der Waals surface area (Å²) < 4.78 is 11.8. The van der Waals surface area contributed by atoms with E-state index in [-0.39, 0.29) is 11.5 Å². The van der Waals surface area contributed by atoms with E-state index in [0.717, 1.165) is 6.42 Å². The first kappa shape index (κ1) is 12.5. The van der Waals surface area contributed by atoms with Crippen molar-refractivity contribution in [3.8, 4) is 0 Å². The third kappa shape index (κ3) is 1.97. The van der Waals surface area contributed by atoms with Gasteiger partial charge < -0.3 is 8.83 Å². The van der Waals surface area contributed by atoms with Crippen molar-refractivity contribution in [1.82, 2.24) is 4.57 Å². The smallest absolute Gasteiger partial charge is 0.419 e. The van der Waals surface area contributed by atoms with Crippen molar-refractivity contribution >= 4 is 16.9 Å². The Kier molecular flexibility index (Phi) is 3.02. The Morgan fingerprint density at radius 2 is 2.15 bits per heavy atom. The fourth-order valence-corrected chi connectivity index (χ4v) is 2.19. The number of hydrogen-bond acceptors (Lipinski definition) is 4. The molecule has 2 heterocycles. The number of hydrogen-bond donors (Lipinski definition) is 0. The van der Waals surface area contributed by atoms with Crippen LogP contribution in [0.4, 0.5) is 0 Å². The van der Waals surface area contributed by atoms with Gasteiger partial charge >= 0.3 is 5.76 Å². The molecule has 0 saturated heterocycles. The van der Waals surface area contributed by atoms with Crippen molar-refractivity contribution in [3.05, 3.63) is 58.5 Å². The van der Waals surface area contributed by atoms with Crippen molar-refractivity contribution in [2.45, 2.75) is 19.9 Å². The van der Waals surface area contributed by atoms with Gasteiger partial charge in [0.25, 0.3) is 0 Å². The predicted octanol–water partition coefficient (Wildman–Crippen LogP) is 2.83. The Morgan fingerprint density at radius 3 is 2.85 bits per heavy atom. The molecule has 0 spiro atoms. The SMILES string of the molecule is CCCn1c(=O)oc2cc(C(=O)c3ccco3)ccc21. The molecule has 0 amide bonds. The molecule has 5 heteroatoms. The molecule has 0 unspecified atom stereocenters. The Morgan fingerprint density at radius 1 is 1.30 bits per heavy atom. The molecule has 0 N–H and O–H groups in total. The van der Waals surface area contributed by atoms with Gasteiger partial charge in [0.2, 0.25) is 5.78 Å². The lowest BCUT2D eigenvalue weighted by atomic mass is 10.1. The number of nitrogens with zero attached hydrogens (tertiary/aromatic N) is 1. The molecule has 3 aromatic rings. The molecule has 102 valence electrons. The number of carbonyl (C=O) groups excluding carboxylic acids is 1. The van der Waals surface area contributed by atoms with E-state index in [2.05, 4.69) is 0 Å². The van der Waals surface area contributed by atoms with E-state index < -0.39 is 5.76 Å². The van der Waals surface area contributed by atoms with Crippen LogP contribution in [-0.2, 0) is 6.54 Å². The molecule has 1 aromatic carbocycles. The maximum Gasteiger partial charge on any atom is 0.419 e. The van der Waals surface area contributed by atoms with Crippen molar-refractivity contribution in [1.29, 1.82) is 0 Å². The molecule has 20 heavy (non-hydrogen) atoms.